The summed E-state index contributed by atoms with van der Waals surface area (Å²) >= 11 is 0. The van der Waals surface area contributed by atoms with Crippen LogP contribution in [0.1, 0.15) is 5.56 Å². The van der Waals surface area contributed by atoms with Crippen LogP contribution in [-0.2, 0) is 6.18 Å². The van der Waals surface area contributed by atoms with Gasteiger partial charge in [0.05, 0.1) is 10.5 Å². The minimum Gasteiger partial charge on any atom is -0.416 e. The lowest BCUT2D eigenvalue weighted by molar-refractivity contribution is -0.384. The number of rotatable bonds is 3. The molecule has 3 rings (SSSR count). The zero-order chi connectivity index (χ0) is 17.3. The number of aromatic nitrogens is 2. The van der Waals surface area contributed by atoms with E-state index in [-0.39, 0.29) is 23.0 Å². The largest absolute Gasteiger partial charge is 0.416 e. The van der Waals surface area contributed by atoms with E-state index >= 15 is 0 Å². The average molecular weight is 335 g/mol. The standard InChI is InChI=1S/C15H8F3N3O3/c16-15(17,18)11-5-1-3-9(7-11)13-19-20-14(24-13)10-4-2-6-12(8-10)21(22)23/h1-8H. The van der Waals surface area contributed by atoms with E-state index in [9.17, 15) is 23.3 Å². The molecule has 0 saturated heterocycles. The summed E-state index contributed by atoms with van der Waals surface area (Å²) in [5.74, 6) is -0.131. The van der Waals surface area contributed by atoms with E-state index < -0.39 is 16.7 Å². The van der Waals surface area contributed by atoms with Crippen LogP contribution in [0.2, 0.25) is 0 Å². The Hall–Kier alpha value is -3.23. The molecular weight excluding hydrogens is 327 g/mol. The van der Waals surface area contributed by atoms with Crippen LogP contribution in [-0.4, -0.2) is 15.1 Å². The van der Waals surface area contributed by atoms with Crippen LogP contribution >= 0.6 is 0 Å². The van der Waals surface area contributed by atoms with Gasteiger partial charge in [-0.15, -0.1) is 10.2 Å². The van der Waals surface area contributed by atoms with Crippen molar-refractivity contribution in [3.05, 3.63) is 64.2 Å². The van der Waals surface area contributed by atoms with Gasteiger partial charge in [-0.25, -0.2) is 0 Å². The van der Waals surface area contributed by atoms with Crippen molar-refractivity contribution in [1.29, 1.82) is 0 Å². The third kappa shape index (κ3) is 3.09. The Balaban J connectivity index is 1.97. The number of hydrogen-bond acceptors (Lipinski definition) is 5. The molecule has 2 aromatic carbocycles. The number of nitro groups is 1. The highest BCUT2D eigenvalue weighted by atomic mass is 19.4. The third-order valence-electron chi connectivity index (χ3n) is 3.17. The molecule has 3 aromatic rings. The second-order valence-corrected chi connectivity index (χ2v) is 4.80. The smallest absolute Gasteiger partial charge is 0.416 e. The van der Waals surface area contributed by atoms with Crippen molar-refractivity contribution < 1.29 is 22.5 Å². The Kier molecular flexibility index (Phi) is 3.76. The fraction of sp³-hybridized carbons (Fsp3) is 0.0667. The van der Waals surface area contributed by atoms with Crippen molar-refractivity contribution in [2.45, 2.75) is 6.18 Å². The molecule has 0 saturated carbocycles. The second-order valence-electron chi connectivity index (χ2n) is 4.80. The predicted octanol–water partition coefficient (Wildman–Crippen LogP) is 4.33. The maximum Gasteiger partial charge on any atom is 0.416 e. The Morgan fingerprint density at radius 3 is 2.12 bits per heavy atom. The molecule has 0 aliphatic heterocycles. The lowest BCUT2D eigenvalue weighted by Gasteiger charge is -2.06. The molecule has 0 aliphatic rings. The Labute approximate surface area is 132 Å². The van der Waals surface area contributed by atoms with Crippen molar-refractivity contribution in [3.8, 4) is 22.9 Å². The van der Waals surface area contributed by atoms with Gasteiger partial charge < -0.3 is 4.42 Å². The van der Waals surface area contributed by atoms with Crippen molar-refractivity contribution >= 4 is 5.69 Å². The summed E-state index contributed by atoms with van der Waals surface area (Å²) in [6, 6.07) is 9.97. The van der Waals surface area contributed by atoms with E-state index in [0.717, 1.165) is 12.1 Å². The molecule has 1 aromatic heterocycles. The van der Waals surface area contributed by atoms with Gasteiger partial charge in [0.25, 0.3) is 5.69 Å². The van der Waals surface area contributed by atoms with Gasteiger partial charge in [-0.2, -0.15) is 13.2 Å². The molecule has 1 heterocycles. The van der Waals surface area contributed by atoms with Crippen LogP contribution < -0.4 is 0 Å². The Bertz CT molecular complexity index is 906. The van der Waals surface area contributed by atoms with E-state index in [1.54, 1.807) is 0 Å². The molecule has 0 atom stereocenters. The minimum atomic E-state index is -4.49. The molecule has 0 radical (unpaired) electrons. The molecule has 0 fully saturated rings. The van der Waals surface area contributed by atoms with Gasteiger partial charge in [-0.3, -0.25) is 10.1 Å². The van der Waals surface area contributed by atoms with Crippen molar-refractivity contribution in [2.75, 3.05) is 0 Å². The first-order chi connectivity index (χ1) is 11.3. The minimum absolute atomic E-state index is 0.0221. The summed E-state index contributed by atoms with van der Waals surface area (Å²) in [5, 5.41) is 18.2. The molecule has 6 nitrogen and oxygen atoms in total. The highest BCUT2D eigenvalue weighted by molar-refractivity contribution is 5.60. The Morgan fingerprint density at radius 1 is 0.958 bits per heavy atom. The second kappa shape index (κ2) is 5.76. The number of benzene rings is 2. The summed E-state index contributed by atoms with van der Waals surface area (Å²) in [4.78, 5) is 10.2. The van der Waals surface area contributed by atoms with Crippen LogP contribution in [0.4, 0.5) is 18.9 Å². The van der Waals surface area contributed by atoms with Gasteiger partial charge >= 0.3 is 6.18 Å². The number of non-ortho nitro benzene ring substituents is 1. The first-order valence-corrected chi connectivity index (χ1v) is 6.60. The van der Waals surface area contributed by atoms with Gasteiger partial charge in [0.2, 0.25) is 11.8 Å². The number of nitro benzene ring substituents is 1. The number of hydrogen-bond donors (Lipinski definition) is 0. The molecule has 0 N–H and O–H groups in total. The monoisotopic (exact) mass is 335 g/mol. The van der Waals surface area contributed by atoms with Crippen molar-refractivity contribution in [2.24, 2.45) is 0 Å². The third-order valence-corrected chi connectivity index (χ3v) is 3.17. The lowest BCUT2D eigenvalue weighted by atomic mass is 10.1. The van der Waals surface area contributed by atoms with E-state index in [0.29, 0.717) is 5.56 Å². The molecule has 24 heavy (non-hydrogen) atoms. The van der Waals surface area contributed by atoms with Crippen LogP contribution in [0.15, 0.2) is 52.9 Å². The molecule has 0 bridgehead atoms. The van der Waals surface area contributed by atoms with Crippen LogP contribution in [0.5, 0.6) is 0 Å². The predicted molar refractivity (Wildman–Crippen MR) is 76.8 cm³/mol. The Morgan fingerprint density at radius 2 is 1.54 bits per heavy atom. The lowest BCUT2D eigenvalue weighted by Crippen LogP contribution is -2.04. The van der Waals surface area contributed by atoms with E-state index in [1.165, 1.54) is 36.4 Å². The first-order valence-electron chi connectivity index (χ1n) is 6.60. The van der Waals surface area contributed by atoms with Gasteiger partial charge in [0, 0.05) is 23.3 Å². The zero-order valence-electron chi connectivity index (χ0n) is 11.8. The number of halogens is 3. The SMILES string of the molecule is O=[N+]([O-])c1cccc(-c2nnc(-c3cccc(C(F)(F)F)c3)o2)c1. The molecule has 9 heteroatoms. The molecule has 0 aliphatic carbocycles. The summed E-state index contributed by atoms with van der Waals surface area (Å²) in [6.45, 7) is 0. The van der Waals surface area contributed by atoms with Crippen LogP contribution in [0.3, 0.4) is 0 Å². The number of nitrogens with zero attached hydrogens (tertiary/aromatic N) is 3. The zero-order valence-corrected chi connectivity index (χ0v) is 11.8. The fourth-order valence-electron chi connectivity index (χ4n) is 2.04. The van der Waals surface area contributed by atoms with E-state index in [4.69, 9.17) is 4.42 Å². The molecule has 122 valence electrons. The maximum absolute atomic E-state index is 12.7. The van der Waals surface area contributed by atoms with E-state index in [1.807, 2.05) is 0 Å². The number of alkyl halides is 3. The highest BCUT2D eigenvalue weighted by Crippen LogP contribution is 2.32. The quantitative estimate of drug-likeness (QED) is 0.525. The fourth-order valence-corrected chi connectivity index (χ4v) is 2.04. The normalized spacial score (nSPS) is 11.5. The molecule has 0 spiro atoms. The summed E-state index contributed by atoms with van der Waals surface area (Å²) in [7, 11) is 0. The summed E-state index contributed by atoms with van der Waals surface area (Å²) < 4.78 is 43.6. The summed E-state index contributed by atoms with van der Waals surface area (Å²) in [6.07, 6.45) is -4.49. The molecule has 0 unspecified atom stereocenters. The van der Waals surface area contributed by atoms with Crippen LogP contribution in [0, 0.1) is 10.1 Å². The molecular formula is C15H8F3N3O3. The van der Waals surface area contributed by atoms with Gasteiger partial charge in [-0.05, 0) is 24.3 Å². The van der Waals surface area contributed by atoms with E-state index in [2.05, 4.69) is 10.2 Å². The first kappa shape index (κ1) is 15.7. The highest BCUT2D eigenvalue weighted by Gasteiger charge is 2.30. The maximum atomic E-state index is 12.7. The molecule has 0 amide bonds. The topological polar surface area (TPSA) is 82.1 Å². The van der Waals surface area contributed by atoms with Crippen LogP contribution in [0.25, 0.3) is 22.9 Å². The van der Waals surface area contributed by atoms with Crippen molar-refractivity contribution in [1.82, 2.24) is 10.2 Å². The van der Waals surface area contributed by atoms with Gasteiger partial charge in [0.1, 0.15) is 0 Å². The van der Waals surface area contributed by atoms with Gasteiger partial charge in [-0.1, -0.05) is 12.1 Å². The van der Waals surface area contributed by atoms with Crippen molar-refractivity contribution in [3.63, 3.8) is 0 Å². The average Bonchev–Trinajstić information content (AvgIpc) is 3.04. The van der Waals surface area contributed by atoms with Gasteiger partial charge in [0.15, 0.2) is 0 Å². The summed E-state index contributed by atoms with van der Waals surface area (Å²) in [5.41, 5.74) is -0.592.